The topological polar surface area (TPSA) is 81.8 Å². The van der Waals surface area contributed by atoms with Crippen LogP contribution < -0.4 is 14.9 Å². The van der Waals surface area contributed by atoms with Crippen LogP contribution in [-0.2, 0) is 15.0 Å². The first-order valence-electron chi connectivity index (χ1n) is 6.75. The van der Waals surface area contributed by atoms with Crippen LogP contribution >= 0.6 is 0 Å². The molecule has 0 spiro atoms. The predicted molar refractivity (Wildman–Crippen MR) is 80.4 cm³/mol. The minimum atomic E-state index is -3.49. The molecule has 2 aliphatic rings. The van der Waals surface area contributed by atoms with Gasteiger partial charge in [0.2, 0.25) is 5.91 Å². The quantitative estimate of drug-likeness (QED) is 0.822. The molecule has 2 unspecified atom stereocenters. The summed E-state index contributed by atoms with van der Waals surface area (Å²) in [7, 11) is -0.537. The number of benzene rings is 1. The van der Waals surface area contributed by atoms with E-state index < -0.39 is 10.2 Å². The Hall–Kier alpha value is -1.64. The van der Waals surface area contributed by atoms with Gasteiger partial charge in [-0.3, -0.25) is 4.79 Å². The Balaban J connectivity index is 1.84. The summed E-state index contributed by atoms with van der Waals surface area (Å²) in [5, 5.41) is 2.87. The molecule has 2 N–H and O–H groups in total. The molecule has 114 valence electrons. The van der Waals surface area contributed by atoms with E-state index in [0.717, 1.165) is 15.7 Å². The van der Waals surface area contributed by atoms with E-state index in [0.29, 0.717) is 13.0 Å². The number of nitrogens with zero attached hydrogens (tertiary/aromatic N) is 2. The Labute approximate surface area is 124 Å². The molecule has 0 aromatic heterocycles. The van der Waals surface area contributed by atoms with E-state index in [2.05, 4.69) is 10.0 Å². The Kier molecular flexibility index (Phi) is 3.39. The van der Waals surface area contributed by atoms with Crippen molar-refractivity contribution in [2.75, 3.05) is 30.9 Å². The van der Waals surface area contributed by atoms with Gasteiger partial charge in [0.1, 0.15) is 6.04 Å². The first-order chi connectivity index (χ1) is 9.88. The van der Waals surface area contributed by atoms with E-state index in [1.807, 2.05) is 29.2 Å². The van der Waals surface area contributed by atoms with Gasteiger partial charge >= 0.3 is 0 Å². The number of anilines is 2. The number of carbonyl (C=O) groups is 1. The third-order valence-electron chi connectivity index (χ3n) is 3.87. The van der Waals surface area contributed by atoms with Crippen LogP contribution in [0.2, 0.25) is 0 Å². The van der Waals surface area contributed by atoms with Crippen molar-refractivity contribution in [1.29, 1.82) is 0 Å². The summed E-state index contributed by atoms with van der Waals surface area (Å²) in [6.07, 6.45) is 0.466. The molecular weight excluding hydrogens is 292 g/mol. The van der Waals surface area contributed by atoms with Crippen LogP contribution in [0.3, 0.4) is 0 Å². The number of fused-ring (bicyclic) bond motifs is 3. The Morgan fingerprint density at radius 1 is 1.33 bits per heavy atom. The maximum absolute atomic E-state index is 12.1. The van der Waals surface area contributed by atoms with Gasteiger partial charge in [0.15, 0.2) is 0 Å². The first kappa shape index (κ1) is 14.3. The van der Waals surface area contributed by atoms with E-state index in [4.69, 9.17) is 0 Å². The lowest BCUT2D eigenvalue weighted by Gasteiger charge is -2.32. The van der Waals surface area contributed by atoms with E-state index in [1.165, 1.54) is 14.1 Å². The highest BCUT2D eigenvalue weighted by Crippen LogP contribution is 2.36. The van der Waals surface area contributed by atoms with Gasteiger partial charge < -0.3 is 10.2 Å². The number of hydrogen-bond acceptors (Lipinski definition) is 4. The number of amides is 1. The molecule has 0 bridgehead atoms. The molecule has 1 saturated heterocycles. The molecule has 1 aromatic rings. The summed E-state index contributed by atoms with van der Waals surface area (Å²) >= 11 is 0. The third kappa shape index (κ3) is 2.50. The molecule has 1 aromatic carbocycles. The largest absolute Gasteiger partial charge is 0.356 e. The summed E-state index contributed by atoms with van der Waals surface area (Å²) in [5.74, 6) is -0.0831. The number of para-hydroxylation sites is 2. The highest BCUT2D eigenvalue weighted by atomic mass is 32.2. The van der Waals surface area contributed by atoms with Crippen LogP contribution in [0, 0.1) is 0 Å². The molecule has 0 saturated carbocycles. The summed E-state index contributed by atoms with van der Waals surface area (Å²) in [4.78, 5) is 14.1. The standard InChI is InChI=1S/C13H18N4O3S/c1-16(2)21(19,20)15-9-7-12-13(18)14-10-5-3-4-6-11(10)17(12)8-9/h3-6,9,12,15H,7-8H2,1-2H3,(H,14,18). The van der Waals surface area contributed by atoms with Crippen molar-refractivity contribution in [2.45, 2.75) is 18.5 Å². The fourth-order valence-corrected chi connectivity index (χ4v) is 3.60. The minimum Gasteiger partial charge on any atom is -0.356 e. The van der Waals surface area contributed by atoms with Gasteiger partial charge in [-0.1, -0.05) is 12.1 Å². The van der Waals surface area contributed by atoms with Crippen molar-refractivity contribution in [3.63, 3.8) is 0 Å². The zero-order valence-corrected chi connectivity index (χ0v) is 12.7. The second kappa shape index (κ2) is 4.97. The molecule has 0 radical (unpaired) electrons. The highest BCUT2D eigenvalue weighted by molar-refractivity contribution is 7.87. The number of rotatable bonds is 3. The van der Waals surface area contributed by atoms with Crippen molar-refractivity contribution in [2.24, 2.45) is 0 Å². The summed E-state index contributed by atoms with van der Waals surface area (Å²) in [6.45, 7) is 0.488. The number of hydrogen-bond donors (Lipinski definition) is 2. The van der Waals surface area contributed by atoms with Gasteiger partial charge in [0, 0.05) is 26.7 Å². The Bertz CT molecular complexity index is 674. The molecule has 1 amide bonds. The van der Waals surface area contributed by atoms with Gasteiger partial charge in [-0.25, -0.2) is 0 Å². The first-order valence-corrected chi connectivity index (χ1v) is 8.19. The average Bonchev–Trinajstić information content (AvgIpc) is 2.82. The zero-order valence-electron chi connectivity index (χ0n) is 11.9. The zero-order chi connectivity index (χ0) is 15.2. The molecule has 8 heteroatoms. The predicted octanol–water partition coefficient (Wildman–Crippen LogP) is -0.0180. The van der Waals surface area contributed by atoms with Crippen molar-refractivity contribution >= 4 is 27.5 Å². The molecule has 2 aliphatic heterocycles. The van der Waals surface area contributed by atoms with Crippen LogP contribution in [0.25, 0.3) is 0 Å². The summed E-state index contributed by atoms with van der Waals surface area (Å²) < 4.78 is 27.6. The number of nitrogens with one attached hydrogen (secondary N) is 2. The lowest BCUT2D eigenvalue weighted by atomic mass is 10.1. The molecular formula is C13H18N4O3S. The normalized spacial score (nSPS) is 24.7. The van der Waals surface area contributed by atoms with Gasteiger partial charge in [-0.05, 0) is 18.6 Å². The second-order valence-electron chi connectivity index (χ2n) is 5.51. The fraction of sp³-hybridized carbons (Fsp3) is 0.462. The second-order valence-corrected chi connectivity index (χ2v) is 7.43. The van der Waals surface area contributed by atoms with E-state index in [1.54, 1.807) is 0 Å². The van der Waals surface area contributed by atoms with Crippen LogP contribution in [0.1, 0.15) is 6.42 Å². The van der Waals surface area contributed by atoms with Crippen molar-refractivity contribution in [3.05, 3.63) is 24.3 Å². The van der Waals surface area contributed by atoms with Crippen molar-refractivity contribution in [3.8, 4) is 0 Å². The minimum absolute atomic E-state index is 0.0831. The van der Waals surface area contributed by atoms with E-state index in [-0.39, 0.29) is 18.0 Å². The van der Waals surface area contributed by atoms with E-state index in [9.17, 15) is 13.2 Å². The molecule has 2 heterocycles. The highest BCUT2D eigenvalue weighted by Gasteiger charge is 2.42. The smallest absolute Gasteiger partial charge is 0.279 e. The number of carbonyl (C=O) groups excluding carboxylic acids is 1. The molecule has 7 nitrogen and oxygen atoms in total. The SMILES string of the molecule is CN(C)S(=O)(=O)NC1CC2C(=O)Nc3ccccc3N2C1. The Morgan fingerprint density at radius 2 is 2.05 bits per heavy atom. The molecule has 0 aliphatic carbocycles. The summed E-state index contributed by atoms with van der Waals surface area (Å²) in [6, 6.07) is 6.95. The van der Waals surface area contributed by atoms with Gasteiger partial charge in [-0.2, -0.15) is 17.4 Å². The van der Waals surface area contributed by atoms with Crippen LogP contribution in [-0.4, -0.2) is 51.4 Å². The molecule has 3 rings (SSSR count). The Morgan fingerprint density at radius 3 is 2.76 bits per heavy atom. The van der Waals surface area contributed by atoms with E-state index >= 15 is 0 Å². The monoisotopic (exact) mass is 310 g/mol. The average molecular weight is 310 g/mol. The van der Waals surface area contributed by atoms with Crippen LogP contribution in [0.4, 0.5) is 11.4 Å². The van der Waals surface area contributed by atoms with Gasteiger partial charge in [-0.15, -0.1) is 0 Å². The van der Waals surface area contributed by atoms with Gasteiger partial charge in [0.05, 0.1) is 11.4 Å². The van der Waals surface area contributed by atoms with Crippen LogP contribution in [0.15, 0.2) is 24.3 Å². The van der Waals surface area contributed by atoms with Crippen molar-refractivity contribution < 1.29 is 13.2 Å². The lowest BCUT2D eigenvalue weighted by Crippen LogP contribution is -2.44. The fourth-order valence-electron chi connectivity index (χ4n) is 2.80. The van der Waals surface area contributed by atoms with Gasteiger partial charge in [0.25, 0.3) is 10.2 Å². The lowest BCUT2D eigenvalue weighted by molar-refractivity contribution is -0.117. The molecule has 1 fully saturated rings. The maximum Gasteiger partial charge on any atom is 0.279 e. The van der Waals surface area contributed by atoms with Crippen LogP contribution in [0.5, 0.6) is 0 Å². The third-order valence-corrected chi connectivity index (χ3v) is 5.46. The molecule has 2 atom stereocenters. The maximum atomic E-state index is 12.1. The summed E-state index contributed by atoms with van der Waals surface area (Å²) in [5.41, 5.74) is 1.71. The molecule has 21 heavy (non-hydrogen) atoms. The van der Waals surface area contributed by atoms with Crippen molar-refractivity contribution in [1.82, 2.24) is 9.03 Å².